The predicted octanol–water partition coefficient (Wildman–Crippen LogP) is 4.60. The summed E-state index contributed by atoms with van der Waals surface area (Å²) in [6.07, 6.45) is 11.2. The number of H-pyrrole nitrogens is 1. The average Bonchev–Trinajstić information content (AvgIpc) is 3.20. The number of nitrogens with one attached hydrogen (secondary N) is 1. The third-order valence-corrected chi connectivity index (χ3v) is 12.8. The number of aromatic nitrogens is 2. The minimum atomic E-state index is -0.198. The van der Waals surface area contributed by atoms with Gasteiger partial charge in [0.1, 0.15) is 0 Å². The van der Waals surface area contributed by atoms with Crippen molar-refractivity contribution >= 4 is 12.2 Å². The molecule has 4 atom stereocenters. The third-order valence-electron chi connectivity index (χ3n) is 12.8. The molecule has 4 bridgehead atoms. The molecule has 6 fully saturated rings. The molecule has 8 rings (SSSR count). The molecule has 4 unspecified atom stereocenters. The summed E-state index contributed by atoms with van der Waals surface area (Å²) in [6.45, 7) is 11.1. The van der Waals surface area contributed by atoms with Crippen LogP contribution in [0.3, 0.4) is 0 Å². The van der Waals surface area contributed by atoms with Gasteiger partial charge in [0.2, 0.25) is 5.88 Å². The molecule has 14 nitrogen and oxygen atoms in total. The van der Waals surface area contributed by atoms with Crippen molar-refractivity contribution in [3.63, 3.8) is 0 Å². The topological polar surface area (TPSA) is 139 Å². The van der Waals surface area contributed by atoms with Gasteiger partial charge in [-0.3, -0.25) is 14.6 Å². The second kappa shape index (κ2) is 18.5. The molecule has 6 saturated heterocycles. The number of rotatable bonds is 7. The Balaban J connectivity index is 0.000000169. The summed E-state index contributed by atoms with van der Waals surface area (Å²) in [7, 11) is 1.69. The second-order valence-electron chi connectivity index (χ2n) is 15.8. The molecule has 6 aliphatic heterocycles. The number of ether oxygens (including phenoxy) is 5. The molecule has 8 heterocycles. The number of hydrogen-bond donors (Lipinski definition) is 1. The number of carbonyl (C=O) groups excluding carboxylic acids is 2. The summed E-state index contributed by atoms with van der Waals surface area (Å²) >= 11 is 0. The number of methoxy groups -OCH3 is 1. The standard InChI is InChI=1S/C21H31N3O4.C20H29N3O4/c1-3-28-21(25)24-17-11-16(12-18(24)14-27-13-17)23-9-6-15(7-10-23)19-5-4-8-22-20(19)26-2;1-2-27-20(25)23-16-10-15(11-17(23)13-26-12-16)22-8-5-14(6-9-22)18-4-3-7-21-19(18)24/h4-5,8,15-18H,3,6-7,9-14H2,1-2H3;3-4,7,14-17H,2,5-6,8-13H2,1H3,(H,21,24). The first-order chi connectivity index (χ1) is 26.9. The van der Waals surface area contributed by atoms with Gasteiger partial charge in [-0.05, 0) is 115 Å². The van der Waals surface area contributed by atoms with Crippen LogP contribution in [-0.2, 0) is 18.9 Å². The summed E-state index contributed by atoms with van der Waals surface area (Å²) in [5.74, 6) is 1.60. The fourth-order valence-corrected chi connectivity index (χ4v) is 10.2. The van der Waals surface area contributed by atoms with E-state index in [-0.39, 0.29) is 41.9 Å². The van der Waals surface area contributed by atoms with Crippen molar-refractivity contribution in [2.45, 2.75) is 113 Å². The normalized spacial score (nSPS) is 29.1. The minimum Gasteiger partial charge on any atom is -0.481 e. The van der Waals surface area contributed by atoms with E-state index in [9.17, 15) is 14.4 Å². The Morgan fingerprint density at radius 3 is 1.60 bits per heavy atom. The number of fused-ring (bicyclic) bond motifs is 4. The summed E-state index contributed by atoms with van der Waals surface area (Å²) in [5, 5.41) is 0. The van der Waals surface area contributed by atoms with Crippen LogP contribution in [-0.4, -0.2) is 151 Å². The maximum atomic E-state index is 12.4. The second-order valence-corrected chi connectivity index (χ2v) is 15.8. The van der Waals surface area contributed by atoms with Gasteiger partial charge < -0.3 is 38.5 Å². The van der Waals surface area contributed by atoms with Crippen LogP contribution in [0.2, 0.25) is 0 Å². The molecule has 0 radical (unpaired) electrons. The van der Waals surface area contributed by atoms with E-state index in [1.54, 1.807) is 19.5 Å². The highest BCUT2D eigenvalue weighted by Gasteiger charge is 2.46. The van der Waals surface area contributed by atoms with Crippen LogP contribution in [0.5, 0.6) is 5.88 Å². The highest BCUT2D eigenvalue weighted by atomic mass is 16.6. The molecule has 2 aromatic rings. The van der Waals surface area contributed by atoms with E-state index in [4.69, 9.17) is 23.7 Å². The molecular weight excluding hydrogens is 704 g/mol. The fourth-order valence-electron chi connectivity index (χ4n) is 10.2. The van der Waals surface area contributed by atoms with Crippen LogP contribution in [0, 0.1) is 0 Å². The Morgan fingerprint density at radius 2 is 1.16 bits per heavy atom. The number of hydrogen-bond acceptors (Lipinski definition) is 11. The van der Waals surface area contributed by atoms with Crippen molar-refractivity contribution in [2.75, 3.05) is 72.9 Å². The van der Waals surface area contributed by atoms with Gasteiger partial charge in [0.25, 0.3) is 5.56 Å². The first-order valence-corrected chi connectivity index (χ1v) is 20.6. The zero-order chi connectivity index (χ0) is 38.3. The van der Waals surface area contributed by atoms with E-state index in [0.29, 0.717) is 63.6 Å². The third kappa shape index (κ3) is 8.97. The highest BCUT2D eigenvalue weighted by molar-refractivity contribution is 5.69. The largest absolute Gasteiger partial charge is 0.481 e. The number of likely N-dealkylation sites (tertiary alicyclic amines) is 2. The minimum absolute atomic E-state index is 0.0466. The van der Waals surface area contributed by atoms with Crippen molar-refractivity contribution < 1.29 is 33.3 Å². The van der Waals surface area contributed by atoms with Gasteiger partial charge in [-0.1, -0.05) is 12.1 Å². The number of amides is 2. The van der Waals surface area contributed by atoms with Crippen LogP contribution in [0.25, 0.3) is 0 Å². The summed E-state index contributed by atoms with van der Waals surface area (Å²) in [5.41, 5.74) is 2.19. The quantitative estimate of drug-likeness (QED) is 0.424. The smallest absolute Gasteiger partial charge is 0.410 e. The first-order valence-electron chi connectivity index (χ1n) is 20.6. The SMILES string of the molecule is CCOC(=O)N1C2COCC1CC(N1CCC(c3ccc[nH]c3=O)CC1)C2.CCOC(=O)N1C2COCC1CC(N1CCC(c3cccnc3OC)CC1)C2. The average molecular weight is 765 g/mol. The van der Waals surface area contributed by atoms with Crippen molar-refractivity contribution in [1.29, 1.82) is 0 Å². The maximum absolute atomic E-state index is 12.4. The first kappa shape index (κ1) is 39.5. The molecule has 55 heavy (non-hydrogen) atoms. The van der Waals surface area contributed by atoms with Crippen molar-refractivity contribution in [2.24, 2.45) is 0 Å². The number of morpholine rings is 2. The molecule has 0 aromatic carbocycles. The Hall–Kier alpha value is -3.72. The van der Waals surface area contributed by atoms with Gasteiger partial charge in [0.15, 0.2) is 0 Å². The van der Waals surface area contributed by atoms with Gasteiger partial charge in [0, 0.05) is 35.6 Å². The molecule has 14 heteroatoms. The lowest BCUT2D eigenvalue weighted by atomic mass is 9.85. The zero-order valence-corrected chi connectivity index (χ0v) is 32.8. The number of carbonyl (C=O) groups is 2. The monoisotopic (exact) mass is 764 g/mol. The van der Waals surface area contributed by atoms with E-state index in [0.717, 1.165) is 89.0 Å². The van der Waals surface area contributed by atoms with Crippen molar-refractivity contribution in [3.8, 4) is 5.88 Å². The molecular formula is C41H60N6O8. The van der Waals surface area contributed by atoms with Gasteiger partial charge in [-0.2, -0.15) is 0 Å². The van der Waals surface area contributed by atoms with E-state index in [1.807, 2.05) is 41.8 Å². The zero-order valence-electron chi connectivity index (χ0n) is 32.8. The van der Waals surface area contributed by atoms with Crippen LogP contribution < -0.4 is 10.3 Å². The molecule has 302 valence electrons. The summed E-state index contributed by atoms with van der Waals surface area (Å²) < 4.78 is 27.5. The maximum Gasteiger partial charge on any atom is 0.410 e. The molecule has 0 saturated carbocycles. The van der Waals surface area contributed by atoms with E-state index in [1.165, 1.54) is 5.56 Å². The van der Waals surface area contributed by atoms with E-state index >= 15 is 0 Å². The molecule has 2 aromatic heterocycles. The van der Waals surface area contributed by atoms with Gasteiger partial charge >= 0.3 is 12.2 Å². The lowest BCUT2D eigenvalue weighted by molar-refractivity contribution is -0.0870. The number of pyridine rings is 2. The molecule has 0 aliphatic carbocycles. The Kier molecular flexibility index (Phi) is 13.3. The summed E-state index contributed by atoms with van der Waals surface area (Å²) in [4.78, 5) is 52.9. The van der Waals surface area contributed by atoms with Crippen molar-refractivity contribution in [3.05, 3.63) is 58.1 Å². The van der Waals surface area contributed by atoms with Crippen molar-refractivity contribution in [1.82, 2.24) is 29.6 Å². The molecule has 6 aliphatic rings. The van der Waals surface area contributed by atoms with Crippen LogP contribution in [0.15, 0.2) is 41.5 Å². The Labute approximate surface area is 324 Å². The van der Waals surface area contributed by atoms with Crippen LogP contribution in [0.1, 0.15) is 88.2 Å². The van der Waals surface area contributed by atoms with Gasteiger partial charge in [0.05, 0.1) is 70.9 Å². The molecule has 1 N–H and O–H groups in total. The lowest BCUT2D eigenvalue weighted by Gasteiger charge is -2.51. The number of aromatic amines is 1. The molecule has 0 spiro atoms. The lowest BCUT2D eigenvalue weighted by Crippen LogP contribution is -2.63. The summed E-state index contributed by atoms with van der Waals surface area (Å²) in [6, 6.07) is 9.48. The van der Waals surface area contributed by atoms with Gasteiger partial charge in [-0.15, -0.1) is 0 Å². The highest BCUT2D eigenvalue weighted by Crippen LogP contribution is 2.38. The Bertz CT molecular complexity index is 1600. The van der Waals surface area contributed by atoms with E-state index < -0.39 is 0 Å². The number of piperidine rings is 4. The predicted molar refractivity (Wildman–Crippen MR) is 206 cm³/mol. The van der Waals surface area contributed by atoms with Gasteiger partial charge in [-0.25, -0.2) is 14.6 Å². The number of nitrogens with zero attached hydrogens (tertiary/aromatic N) is 5. The molecule has 2 amide bonds. The van der Waals surface area contributed by atoms with Crippen LogP contribution in [0.4, 0.5) is 9.59 Å². The fraction of sp³-hybridized carbons (Fsp3) is 0.707. The van der Waals surface area contributed by atoms with Crippen LogP contribution >= 0.6 is 0 Å². The van der Waals surface area contributed by atoms with E-state index in [2.05, 4.69) is 25.8 Å². The Morgan fingerprint density at radius 1 is 0.709 bits per heavy atom.